The summed E-state index contributed by atoms with van der Waals surface area (Å²) in [6.45, 7) is 2.94. The molecule has 1 saturated heterocycles. The Balaban J connectivity index is 1.80. The fourth-order valence-corrected chi connectivity index (χ4v) is 3.85. The molecular formula is C14H18FNOS. The van der Waals surface area contributed by atoms with Crippen molar-refractivity contribution in [2.75, 3.05) is 12.4 Å². The SMILES string of the molecule is CC1OCCC1NC1CCSc2ccc(F)cc21. The van der Waals surface area contributed by atoms with Gasteiger partial charge in [-0.1, -0.05) is 0 Å². The van der Waals surface area contributed by atoms with Crippen LogP contribution in [-0.4, -0.2) is 24.5 Å². The molecule has 1 N–H and O–H groups in total. The average Bonchev–Trinajstić information content (AvgIpc) is 2.76. The lowest BCUT2D eigenvalue weighted by molar-refractivity contribution is 0.110. The summed E-state index contributed by atoms with van der Waals surface area (Å²) in [5.41, 5.74) is 1.12. The normalized spacial score (nSPS) is 31.3. The maximum absolute atomic E-state index is 13.4. The lowest BCUT2D eigenvalue weighted by atomic mass is 10.0. The van der Waals surface area contributed by atoms with Gasteiger partial charge < -0.3 is 10.1 Å². The van der Waals surface area contributed by atoms with Crippen LogP contribution in [0.3, 0.4) is 0 Å². The first kappa shape index (κ1) is 12.5. The first-order valence-electron chi connectivity index (χ1n) is 6.54. The first-order valence-corrected chi connectivity index (χ1v) is 7.52. The first-order chi connectivity index (χ1) is 8.74. The van der Waals surface area contributed by atoms with Crippen LogP contribution >= 0.6 is 11.8 Å². The maximum Gasteiger partial charge on any atom is 0.123 e. The van der Waals surface area contributed by atoms with E-state index in [2.05, 4.69) is 12.2 Å². The van der Waals surface area contributed by atoms with Crippen LogP contribution in [0.15, 0.2) is 23.1 Å². The summed E-state index contributed by atoms with van der Waals surface area (Å²) in [7, 11) is 0. The quantitative estimate of drug-likeness (QED) is 0.889. The number of rotatable bonds is 2. The molecule has 3 atom stereocenters. The Labute approximate surface area is 111 Å². The van der Waals surface area contributed by atoms with Crippen LogP contribution in [0, 0.1) is 5.82 Å². The summed E-state index contributed by atoms with van der Waals surface area (Å²) in [4.78, 5) is 1.21. The molecule has 1 aromatic rings. The molecule has 0 amide bonds. The molecule has 0 bridgehead atoms. The molecule has 0 aliphatic carbocycles. The van der Waals surface area contributed by atoms with Crippen molar-refractivity contribution < 1.29 is 9.13 Å². The van der Waals surface area contributed by atoms with E-state index >= 15 is 0 Å². The van der Waals surface area contributed by atoms with Crippen molar-refractivity contribution in [2.24, 2.45) is 0 Å². The van der Waals surface area contributed by atoms with Crippen LogP contribution in [0.1, 0.15) is 31.4 Å². The van der Waals surface area contributed by atoms with Gasteiger partial charge in [0.15, 0.2) is 0 Å². The number of hydrogen-bond donors (Lipinski definition) is 1. The van der Waals surface area contributed by atoms with E-state index in [-0.39, 0.29) is 18.0 Å². The molecule has 1 fully saturated rings. The Morgan fingerprint density at radius 2 is 2.28 bits per heavy atom. The van der Waals surface area contributed by atoms with Gasteiger partial charge in [0.05, 0.1) is 6.10 Å². The van der Waals surface area contributed by atoms with Gasteiger partial charge in [-0.2, -0.15) is 0 Å². The van der Waals surface area contributed by atoms with E-state index in [0.717, 1.165) is 30.8 Å². The highest BCUT2D eigenvalue weighted by molar-refractivity contribution is 7.99. The second-order valence-corrected chi connectivity index (χ2v) is 6.15. The number of nitrogens with one attached hydrogen (secondary N) is 1. The lowest BCUT2D eigenvalue weighted by Crippen LogP contribution is -2.38. The summed E-state index contributed by atoms with van der Waals surface area (Å²) < 4.78 is 19.0. The molecule has 98 valence electrons. The van der Waals surface area contributed by atoms with Crippen molar-refractivity contribution in [3.63, 3.8) is 0 Å². The second kappa shape index (κ2) is 5.19. The Morgan fingerprint density at radius 3 is 3.06 bits per heavy atom. The van der Waals surface area contributed by atoms with Crippen LogP contribution in [0.2, 0.25) is 0 Å². The Bertz CT molecular complexity index is 440. The van der Waals surface area contributed by atoms with Crippen molar-refractivity contribution in [2.45, 2.75) is 42.8 Å². The third-order valence-corrected chi connectivity index (χ3v) is 4.93. The van der Waals surface area contributed by atoms with Gasteiger partial charge in [-0.25, -0.2) is 4.39 Å². The minimum atomic E-state index is -0.140. The van der Waals surface area contributed by atoms with E-state index in [1.165, 1.54) is 4.90 Å². The summed E-state index contributed by atoms with van der Waals surface area (Å²) in [5, 5.41) is 3.65. The van der Waals surface area contributed by atoms with Crippen molar-refractivity contribution >= 4 is 11.8 Å². The van der Waals surface area contributed by atoms with E-state index in [1.807, 2.05) is 17.8 Å². The zero-order valence-electron chi connectivity index (χ0n) is 10.5. The van der Waals surface area contributed by atoms with Crippen molar-refractivity contribution in [3.05, 3.63) is 29.6 Å². The van der Waals surface area contributed by atoms with E-state index in [0.29, 0.717) is 6.04 Å². The molecule has 1 aromatic carbocycles. The minimum absolute atomic E-state index is 0.140. The molecule has 2 aliphatic rings. The van der Waals surface area contributed by atoms with Gasteiger partial charge in [0.2, 0.25) is 0 Å². The summed E-state index contributed by atoms with van der Waals surface area (Å²) in [6, 6.07) is 5.80. The Kier molecular flexibility index (Phi) is 3.59. The zero-order valence-corrected chi connectivity index (χ0v) is 11.3. The molecular weight excluding hydrogens is 249 g/mol. The molecule has 3 unspecified atom stereocenters. The molecule has 2 nitrogen and oxygen atoms in total. The standard InChI is InChI=1S/C14H18FNOS/c1-9-12(4-6-17-9)16-13-5-7-18-14-3-2-10(15)8-11(13)14/h2-3,8-9,12-13,16H,4-7H2,1H3. The molecule has 0 saturated carbocycles. The fraction of sp³-hybridized carbons (Fsp3) is 0.571. The number of thioether (sulfide) groups is 1. The van der Waals surface area contributed by atoms with E-state index in [1.54, 1.807) is 12.1 Å². The van der Waals surface area contributed by atoms with E-state index in [9.17, 15) is 4.39 Å². The average molecular weight is 267 g/mol. The maximum atomic E-state index is 13.4. The predicted octanol–water partition coefficient (Wildman–Crippen LogP) is 3.13. The largest absolute Gasteiger partial charge is 0.377 e. The van der Waals surface area contributed by atoms with Crippen LogP contribution < -0.4 is 5.32 Å². The van der Waals surface area contributed by atoms with Crippen LogP contribution in [0.4, 0.5) is 4.39 Å². The van der Waals surface area contributed by atoms with Crippen molar-refractivity contribution in [1.82, 2.24) is 5.32 Å². The fourth-order valence-electron chi connectivity index (χ4n) is 2.75. The zero-order chi connectivity index (χ0) is 12.5. The lowest BCUT2D eigenvalue weighted by Gasteiger charge is -2.29. The van der Waals surface area contributed by atoms with Gasteiger partial charge in [-0.05, 0) is 49.3 Å². The molecule has 2 heterocycles. The van der Waals surface area contributed by atoms with Crippen LogP contribution in [-0.2, 0) is 4.74 Å². The van der Waals surface area contributed by atoms with Crippen molar-refractivity contribution in [3.8, 4) is 0 Å². The molecule has 4 heteroatoms. The number of benzene rings is 1. The second-order valence-electron chi connectivity index (χ2n) is 5.01. The van der Waals surface area contributed by atoms with Crippen LogP contribution in [0.25, 0.3) is 0 Å². The third-order valence-electron chi connectivity index (χ3n) is 3.80. The van der Waals surface area contributed by atoms with E-state index in [4.69, 9.17) is 4.74 Å². The van der Waals surface area contributed by atoms with Crippen LogP contribution in [0.5, 0.6) is 0 Å². The Hall–Kier alpha value is -0.580. The van der Waals surface area contributed by atoms with Gasteiger partial charge in [0, 0.05) is 23.6 Å². The van der Waals surface area contributed by atoms with Crippen molar-refractivity contribution in [1.29, 1.82) is 0 Å². The number of hydrogen-bond acceptors (Lipinski definition) is 3. The Morgan fingerprint density at radius 1 is 1.39 bits per heavy atom. The third kappa shape index (κ3) is 2.42. The summed E-state index contributed by atoms with van der Waals surface area (Å²) >= 11 is 1.82. The molecule has 2 aliphatic heterocycles. The smallest absolute Gasteiger partial charge is 0.123 e. The molecule has 0 aromatic heterocycles. The highest BCUT2D eigenvalue weighted by Gasteiger charge is 2.29. The highest BCUT2D eigenvalue weighted by atomic mass is 32.2. The van der Waals surface area contributed by atoms with Gasteiger partial charge >= 0.3 is 0 Å². The molecule has 18 heavy (non-hydrogen) atoms. The monoisotopic (exact) mass is 267 g/mol. The highest BCUT2D eigenvalue weighted by Crippen LogP contribution is 2.37. The van der Waals surface area contributed by atoms with Gasteiger partial charge in [-0.15, -0.1) is 11.8 Å². The minimum Gasteiger partial charge on any atom is -0.377 e. The van der Waals surface area contributed by atoms with E-state index < -0.39 is 0 Å². The molecule has 0 spiro atoms. The van der Waals surface area contributed by atoms with Gasteiger partial charge in [0.25, 0.3) is 0 Å². The topological polar surface area (TPSA) is 21.3 Å². The predicted molar refractivity (Wildman–Crippen MR) is 71.4 cm³/mol. The molecule has 3 rings (SSSR count). The summed E-state index contributed by atoms with van der Waals surface area (Å²) in [6.07, 6.45) is 2.37. The summed E-state index contributed by atoms with van der Waals surface area (Å²) in [5.74, 6) is 0.955. The van der Waals surface area contributed by atoms with Gasteiger partial charge in [-0.3, -0.25) is 0 Å². The van der Waals surface area contributed by atoms with Gasteiger partial charge in [0.1, 0.15) is 5.82 Å². The number of ether oxygens (including phenoxy) is 1. The molecule has 0 radical (unpaired) electrons. The number of fused-ring (bicyclic) bond motifs is 1. The number of halogens is 1.